The van der Waals surface area contributed by atoms with E-state index in [9.17, 15) is 18.0 Å². The Bertz CT molecular complexity index is 524. The Morgan fingerprint density at radius 2 is 2.22 bits per heavy atom. The summed E-state index contributed by atoms with van der Waals surface area (Å²) in [7, 11) is 0. The minimum absolute atomic E-state index is 0. The van der Waals surface area contributed by atoms with Crippen molar-refractivity contribution in [2.45, 2.75) is 57.3 Å². The largest absolute Gasteiger partial charge is 0.434 e. The molecule has 3 N–H and O–H groups in total. The molecule has 1 saturated carbocycles. The molecular weight excluding hydrogens is 351 g/mol. The first-order chi connectivity index (χ1) is 10.3. The van der Waals surface area contributed by atoms with Crippen molar-refractivity contribution in [1.29, 1.82) is 0 Å². The highest BCUT2D eigenvalue weighted by Crippen LogP contribution is 2.32. The number of thiazole rings is 1. The molecule has 132 valence electrons. The molecule has 1 aromatic heterocycles. The molecule has 1 aromatic rings. The topological polar surface area (TPSA) is 68.0 Å². The van der Waals surface area contributed by atoms with E-state index in [0.29, 0.717) is 17.8 Å². The number of hydrogen-bond acceptors (Lipinski definition) is 4. The lowest BCUT2D eigenvalue weighted by atomic mass is 9.99. The molecule has 0 spiro atoms. The molecule has 3 atom stereocenters. The van der Waals surface area contributed by atoms with Crippen LogP contribution in [0.2, 0.25) is 0 Å². The number of carbonyl (C=O) groups excluding carboxylic acids is 1. The lowest BCUT2D eigenvalue weighted by Crippen LogP contribution is -2.33. The monoisotopic (exact) mass is 371 g/mol. The van der Waals surface area contributed by atoms with E-state index in [4.69, 9.17) is 5.73 Å². The Balaban J connectivity index is 0.00000264. The zero-order valence-corrected chi connectivity index (χ0v) is 14.4. The maximum Gasteiger partial charge on any atom is 0.434 e. The second-order valence-corrected chi connectivity index (χ2v) is 6.55. The van der Waals surface area contributed by atoms with Gasteiger partial charge in [0, 0.05) is 17.8 Å². The van der Waals surface area contributed by atoms with Crippen LogP contribution in [-0.2, 0) is 11.0 Å². The van der Waals surface area contributed by atoms with Crippen LogP contribution in [0.4, 0.5) is 13.2 Å². The zero-order valence-electron chi connectivity index (χ0n) is 12.7. The maximum absolute atomic E-state index is 12.6. The van der Waals surface area contributed by atoms with Gasteiger partial charge in [-0.15, -0.1) is 23.7 Å². The smallest absolute Gasteiger partial charge is 0.347 e. The molecule has 0 aliphatic heterocycles. The van der Waals surface area contributed by atoms with E-state index in [1.54, 1.807) is 6.92 Å². The number of alkyl halides is 3. The van der Waals surface area contributed by atoms with Crippen LogP contribution in [0, 0.1) is 5.92 Å². The molecule has 0 radical (unpaired) electrons. The third kappa shape index (κ3) is 5.32. The molecule has 1 aliphatic carbocycles. The van der Waals surface area contributed by atoms with E-state index in [-0.39, 0.29) is 30.3 Å². The van der Waals surface area contributed by atoms with E-state index >= 15 is 0 Å². The van der Waals surface area contributed by atoms with Gasteiger partial charge in [0.2, 0.25) is 5.91 Å². The number of nitrogens with zero attached hydrogens (tertiary/aromatic N) is 1. The summed E-state index contributed by atoms with van der Waals surface area (Å²) in [5.41, 5.74) is 5.03. The first-order valence-corrected chi connectivity index (χ1v) is 8.26. The van der Waals surface area contributed by atoms with E-state index in [2.05, 4.69) is 10.3 Å². The Morgan fingerprint density at radius 1 is 1.52 bits per heavy atom. The van der Waals surface area contributed by atoms with Crippen molar-refractivity contribution in [2.75, 3.05) is 0 Å². The minimum atomic E-state index is -4.45. The molecule has 23 heavy (non-hydrogen) atoms. The van der Waals surface area contributed by atoms with Crippen LogP contribution in [0.5, 0.6) is 0 Å². The molecular formula is C14H21ClF3N3OS. The number of aromatic nitrogens is 1. The van der Waals surface area contributed by atoms with Crippen LogP contribution in [0.15, 0.2) is 5.38 Å². The van der Waals surface area contributed by atoms with Gasteiger partial charge < -0.3 is 11.1 Å². The van der Waals surface area contributed by atoms with Gasteiger partial charge >= 0.3 is 6.18 Å². The number of amides is 1. The summed E-state index contributed by atoms with van der Waals surface area (Å²) in [5.74, 6) is -0.00232. The molecule has 0 saturated heterocycles. The third-order valence-electron chi connectivity index (χ3n) is 4.02. The fourth-order valence-electron chi connectivity index (χ4n) is 2.73. The highest BCUT2D eigenvalue weighted by molar-refractivity contribution is 7.09. The predicted molar refractivity (Wildman–Crippen MR) is 85.5 cm³/mol. The summed E-state index contributed by atoms with van der Waals surface area (Å²) in [4.78, 5) is 15.7. The van der Waals surface area contributed by atoms with Crippen LogP contribution in [0.25, 0.3) is 0 Å². The molecule has 1 aliphatic rings. The van der Waals surface area contributed by atoms with Crippen molar-refractivity contribution in [3.8, 4) is 0 Å². The SMILES string of the molecule is CCC(NC(=O)C[C@@H]1CCC[C@H]1N)c1nc(C(F)(F)F)cs1.Cl. The van der Waals surface area contributed by atoms with Gasteiger partial charge in [-0.3, -0.25) is 4.79 Å². The Labute approximate surface area is 143 Å². The number of hydrogen-bond donors (Lipinski definition) is 2. The van der Waals surface area contributed by atoms with Crippen LogP contribution < -0.4 is 11.1 Å². The number of nitrogens with one attached hydrogen (secondary N) is 1. The first-order valence-electron chi connectivity index (χ1n) is 7.38. The lowest BCUT2D eigenvalue weighted by molar-refractivity contribution is -0.140. The van der Waals surface area contributed by atoms with E-state index in [1.165, 1.54) is 0 Å². The average Bonchev–Trinajstić information content (AvgIpc) is 3.05. The molecule has 4 nitrogen and oxygen atoms in total. The van der Waals surface area contributed by atoms with Crippen molar-refractivity contribution in [2.24, 2.45) is 11.7 Å². The normalized spacial score (nSPS) is 22.5. The fraction of sp³-hybridized carbons (Fsp3) is 0.714. The van der Waals surface area contributed by atoms with Crippen molar-refractivity contribution >= 4 is 29.7 Å². The molecule has 2 rings (SSSR count). The standard InChI is InChI=1S/C14H20F3N3OS.ClH/c1-2-10(13-20-11(7-22-13)14(15,16)17)19-12(21)6-8-4-3-5-9(8)18;/h7-10H,2-6,18H2,1H3,(H,19,21);1H/t8-,9+,10?;/m0./s1. The summed E-state index contributed by atoms with van der Waals surface area (Å²) in [6.45, 7) is 1.81. The van der Waals surface area contributed by atoms with E-state index in [0.717, 1.165) is 36.0 Å². The zero-order chi connectivity index (χ0) is 16.3. The quantitative estimate of drug-likeness (QED) is 0.829. The van der Waals surface area contributed by atoms with Gasteiger partial charge in [-0.2, -0.15) is 13.2 Å². The van der Waals surface area contributed by atoms with Gasteiger partial charge in [0.05, 0.1) is 6.04 Å². The van der Waals surface area contributed by atoms with Gasteiger partial charge in [-0.05, 0) is 25.2 Å². The molecule has 1 heterocycles. The number of rotatable bonds is 5. The average molecular weight is 372 g/mol. The lowest BCUT2D eigenvalue weighted by Gasteiger charge is -2.18. The summed E-state index contributed by atoms with van der Waals surface area (Å²) >= 11 is 0.924. The fourth-order valence-corrected chi connectivity index (χ4v) is 3.69. The van der Waals surface area contributed by atoms with Gasteiger partial charge in [-0.25, -0.2) is 4.98 Å². The van der Waals surface area contributed by atoms with E-state index < -0.39 is 17.9 Å². The van der Waals surface area contributed by atoms with Gasteiger partial charge in [0.15, 0.2) is 5.69 Å². The van der Waals surface area contributed by atoms with Crippen LogP contribution in [0.3, 0.4) is 0 Å². The van der Waals surface area contributed by atoms with Crippen LogP contribution in [-0.4, -0.2) is 16.9 Å². The Hall–Kier alpha value is -0.860. The maximum atomic E-state index is 12.6. The van der Waals surface area contributed by atoms with Gasteiger partial charge in [0.25, 0.3) is 0 Å². The van der Waals surface area contributed by atoms with Crippen molar-refractivity contribution in [3.63, 3.8) is 0 Å². The van der Waals surface area contributed by atoms with Crippen molar-refractivity contribution in [3.05, 3.63) is 16.1 Å². The molecule has 1 fully saturated rings. The highest BCUT2D eigenvalue weighted by Gasteiger charge is 2.34. The second kappa shape index (κ2) is 8.30. The first kappa shape index (κ1) is 20.2. The number of halogens is 4. The molecule has 0 bridgehead atoms. The third-order valence-corrected chi connectivity index (χ3v) is 4.98. The Kier molecular flexibility index (Phi) is 7.29. The molecule has 1 amide bonds. The summed E-state index contributed by atoms with van der Waals surface area (Å²) in [6, 6.07) is -0.436. The molecule has 9 heteroatoms. The number of nitrogens with two attached hydrogens (primary N) is 1. The molecule has 0 aromatic carbocycles. The summed E-state index contributed by atoms with van der Waals surface area (Å²) in [6.07, 6.45) is -0.745. The van der Waals surface area contributed by atoms with Gasteiger partial charge in [-0.1, -0.05) is 13.3 Å². The van der Waals surface area contributed by atoms with Gasteiger partial charge in [0.1, 0.15) is 5.01 Å². The Morgan fingerprint density at radius 3 is 2.70 bits per heavy atom. The minimum Gasteiger partial charge on any atom is -0.347 e. The highest BCUT2D eigenvalue weighted by atomic mass is 35.5. The molecule has 1 unspecified atom stereocenters. The predicted octanol–water partition coefficient (Wildman–Crippen LogP) is 3.67. The van der Waals surface area contributed by atoms with Crippen molar-refractivity contribution < 1.29 is 18.0 Å². The summed E-state index contributed by atoms with van der Waals surface area (Å²) < 4.78 is 37.8. The van der Waals surface area contributed by atoms with Crippen LogP contribution >= 0.6 is 23.7 Å². The van der Waals surface area contributed by atoms with Crippen LogP contribution in [0.1, 0.15) is 55.8 Å². The van der Waals surface area contributed by atoms with E-state index in [1.807, 2.05) is 0 Å². The number of carbonyl (C=O) groups is 1. The second-order valence-electron chi connectivity index (χ2n) is 5.66. The summed E-state index contributed by atoms with van der Waals surface area (Å²) in [5, 5.41) is 4.06. The van der Waals surface area contributed by atoms with Crippen molar-refractivity contribution in [1.82, 2.24) is 10.3 Å².